The summed E-state index contributed by atoms with van der Waals surface area (Å²) in [6.07, 6.45) is 1.63. The second-order valence-electron chi connectivity index (χ2n) is 4.76. The maximum Gasteiger partial charge on any atom is 0.252 e. The number of halogens is 3. The third-order valence-corrected chi connectivity index (χ3v) is 3.92. The summed E-state index contributed by atoms with van der Waals surface area (Å²) in [7, 11) is 0. The Bertz CT molecular complexity index is 285. The first-order valence-corrected chi connectivity index (χ1v) is 6.29. The summed E-state index contributed by atoms with van der Waals surface area (Å²) >= 11 is 5.49. The Morgan fingerprint density at radius 2 is 2.19 bits per heavy atom. The van der Waals surface area contributed by atoms with E-state index in [0.29, 0.717) is 13.0 Å². The van der Waals surface area contributed by atoms with Crippen LogP contribution >= 0.6 is 11.6 Å². The molecule has 0 aromatic rings. The Balaban J connectivity index is 2.02. The van der Waals surface area contributed by atoms with Gasteiger partial charge in [-0.25, -0.2) is 8.78 Å². The zero-order chi connectivity index (χ0) is 11.8. The summed E-state index contributed by atoms with van der Waals surface area (Å²) in [5.41, 5.74) is 0. The molecule has 0 aromatic heterocycles. The van der Waals surface area contributed by atoms with Gasteiger partial charge >= 0.3 is 0 Å². The SMILES string of the molecule is O=C(CCCl)N1C[C@@H]2CCCC(F)(F)[C@H]2C1. The molecular formula is C11H16ClF2NO. The molecule has 2 atom stereocenters. The molecule has 1 aliphatic heterocycles. The minimum absolute atomic E-state index is 0.0111. The lowest BCUT2D eigenvalue weighted by atomic mass is 9.79. The number of hydrogen-bond donors (Lipinski definition) is 0. The van der Waals surface area contributed by atoms with Gasteiger partial charge in [0.05, 0.1) is 0 Å². The van der Waals surface area contributed by atoms with E-state index in [1.54, 1.807) is 4.90 Å². The Kier molecular flexibility index (Phi) is 3.38. The van der Waals surface area contributed by atoms with E-state index in [9.17, 15) is 13.6 Å². The van der Waals surface area contributed by atoms with Crippen LogP contribution in [0.5, 0.6) is 0 Å². The summed E-state index contributed by atoms with van der Waals surface area (Å²) in [6, 6.07) is 0. The number of amides is 1. The van der Waals surface area contributed by atoms with E-state index >= 15 is 0 Å². The maximum absolute atomic E-state index is 13.6. The van der Waals surface area contributed by atoms with E-state index < -0.39 is 11.8 Å². The van der Waals surface area contributed by atoms with Crippen LogP contribution in [0.3, 0.4) is 0 Å². The number of carbonyl (C=O) groups is 1. The predicted octanol–water partition coefficient (Wildman–Crippen LogP) is 2.51. The minimum atomic E-state index is -2.58. The van der Waals surface area contributed by atoms with Gasteiger partial charge in [-0.1, -0.05) is 0 Å². The molecule has 1 amide bonds. The highest BCUT2D eigenvalue weighted by Crippen LogP contribution is 2.45. The molecule has 2 aliphatic rings. The van der Waals surface area contributed by atoms with Crippen LogP contribution in [0, 0.1) is 11.8 Å². The third kappa shape index (κ3) is 2.17. The van der Waals surface area contributed by atoms with Crippen molar-refractivity contribution in [2.24, 2.45) is 11.8 Å². The van der Waals surface area contributed by atoms with Crippen LogP contribution < -0.4 is 0 Å². The molecular weight excluding hydrogens is 236 g/mol. The lowest BCUT2D eigenvalue weighted by Crippen LogP contribution is -2.38. The fraction of sp³-hybridized carbons (Fsp3) is 0.909. The average molecular weight is 252 g/mol. The lowest BCUT2D eigenvalue weighted by molar-refractivity contribution is -0.130. The molecule has 2 fully saturated rings. The fourth-order valence-corrected chi connectivity index (χ4v) is 3.03. The van der Waals surface area contributed by atoms with E-state index in [4.69, 9.17) is 11.6 Å². The molecule has 1 heterocycles. The number of carbonyl (C=O) groups excluding carboxylic acids is 1. The molecule has 1 aliphatic carbocycles. The quantitative estimate of drug-likeness (QED) is 0.691. The van der Waals surface area contributed by atoms with Gasteiger partial charge in [-0.2, -0.15) is 0 Å². The highest BCUT2D eigenvalue weighted by molar-refractivity contribution is 6.18. The lowest BCUT2D eigenvalue weighted by Gasteiger charge is -2.32. The average Bonchev–Trinajstić information content (AvgIpc) is 2.63. The second kappa shape index (κ2) is 4.47. The zero-order valence-electron chi connectivity index (χ0n) is 9.09. The molecule has 0 bridgehead atoms. The zero-order valence-corrected chi connectivity index (χ0v) is 9.85. The van der Waals surface area contributed by atoms with Gasteiger partial charge in [0.25, 0.3) is 5.92 Å². The molecule has 1 saturated carbocycles. The number of nitrogens with zero attached hydrogens (tertiary/aromatic N) is 1. The van der Waals surface area contributed by atoms with Crippen LogP contribution in [0.15, 0.2) is 0 Å². The van der Waals surface area contributed by atoms with Crippen LogP contribution in [-0.2, 0) is 4.79 Å². The number of hydrogen-bond acceptors (Lipinski definition) is 1. The molecule has 16 heavy (non-hydrogen) atoms. The van der Waals surface area contributed by atoms with E-state index in [2.05, 4.69) is 0 Å². The van der Waals surface area contributed by atoms with Gasteiger partial charge in [0.15, 0.2) is 0 Å². The van der Waals surface area contributed by atoms with E-state index in [-0.39, 0.29) is 37.1 Å². The molecule has 0 aromatic carbocycles. The van der Waals surface area contributed by atoms with Gasteiger partial charge < -0.3 is 4.90 Å². The first kappa shape index (κ1) is 12.1. The minimum Gasteiger partial charge on any atom is -0.342 e. The Hall–Kier alpha value is -0.380. The van der Waals surface area contributed by atoms with Gasteiger partial charge in [0, 0.05) is 37.7 Å². The van der Waals surface area contributed by atoms with E-state index in [0.717, 1.165) is 6.42 Å². The van der Waals surface area contributed by atoms with Crippen molar-refractivity contribution in [1.29, 1.82) is 0 Å². The summed E-state index contributed by atoms with van der Waals surface area (Å²) in [5.74, 6) is -3.04. The molecule has 2 rings (SSSR count). The van der Waals surface area contributed by atoms with Crippen molar-refractivity contribution < 1.29 is 13.6 Å². The van der Waals surface area contributed by atoms with Crippen molar-refractivity contribution in [2.75, 3.05) is 19.0 Å². The van der Waals surface area contributed by atoms with Gasteiger partial charge in [0.2, 0.25) is 5.91 Å². The summed E-state index contributed by atoms with van der Waals surface area (Å²) in [5, 5.41) is 0. The molecule has 0 N–H and O–H groups in total. The van der Waals surface area contributed by atoms with Crippen molar-refractivity contribution >= 4 is 17.5 Å². The fourth-order valence-electron chi connectivity index (χ4n) is 2.87. The molecule has 5 heteroatoms. The number of alkyl halides is 3. The van der Waals surface area contributed by atoms with Crippen molar-refractivity contribution in [3.8, 4) is 0 Å². The molecule has 0 radical (unpaired) electrons. The molecule has 92 valence electrons. The highest BCUT2D eigenvalue weighted by atomic mass is 35.5. The predicted molar refractivity (Wildman–Crippen MR) is 57.7 cm³/mol. The standard InChI is InChI=1S/C11H16ClF2NO/c12-5-3-10(16)15-6-8-2-1-4-11(13,14)9(8)7-15/h8-9H,1-7H2/t8-,9-/m0/s1. The van der Waals surface area contributed by atoms with Gasteiger partial charge in [-0.3, -0.25) is 4.79 Å². The monoisotopic (exact) mass is 251 g/mol. The third-order valence-electron chi connectivity index (χ3n) is 3.73. The Morgan fingerprint density at radius 3 is 2.81 bits per heavy atom. The first-order valence-electron chi connectivity index (χ1n) is 5.76. The van der Waals surface area contributed by atoms with Crippen molar-refractivity contribution in [1.82, 2.24) is 4.90 Å². The van der Waals surface area contributed by atoms with Crippen molar-refractivity contribution in [2.45, 2.75) is 31.6 Å². The van der Waals surface area contributed by atoms with Gasteiger partial charge in [-0.05, 0) is 18.8 Å². The number of rotatable bonds is 2. The van der Waals surface area contributed by atoms with Crippen molar-refractivity contribution in [3.05, 3.63) is 0 Å². The van der Waals surface area contributed by atoms with Gasteiger partial charge in [0.1, 0.15) is 0 Å². The molecule has 0 unspecified atom stereocenters. The molecule has 0 spiro atoms. The maximum atomic E-state index is 13.6. The Labute approximate surface area is 98.9 Å². The first-order chi connectivity index (χ1) is 7.54. The normalized spacial score (nSPS) is 32.6. The summed E-state index contributed by atoms with van der Waals surface area (Å²) in [4.78, 5) is 13.2. The van der Waals surface area contributed by atoms with Crippen LogP contribution in [-0.4, -0.2) is 35.7 Å². The topological polar surface area (TPSA) is 20.3 Å². The van der Waals surface area contributed by atoms with Crippen molar-refractivity contribution in [3.63, 3.8) is 0 Å². The molecule has 2 nitrogen and oxygen atoms in total. The summed E-state index contributed by atoms with van der Waals surface area (Å²) in [6.45, 7) is 0.712. The largest absolute Gasteiger partial charge is 0.342 e. The van der Waals surface area contributed by atoms with Crippen LogP contribution in [0.1, 0.15) is 25.7 Å². The van der Waals surface area contributed by atoms with E-state index in [1.807, 2.05) is 0 Å². The number of fused-ring (bicyclic) bond motifs is 1. The Morgan fingerprint density at radius 1 is 1.44 bits per heavy atom. The molecule has 1 saturated heterocycles. The van der Waals surface area contributed by atoms with Crippen LogP contribution in [0.4, 0.5) is 8.78 Å². The van der Waals surface area contributed by atoms with E-state index in [1.165, 1.54) is 0 Å². The summed E-state index contributed by atoms with van der Waals surface area (Å²) < 4.78 is 27.2. The van der Waals surface area contributed by atoms with Gasteiger partial charge in [-0.15, -0.1) is 11.6 Å². The smallest absolute Gasteiger partial charge is 0.252 e. The second-order valence-corrected chi connectivity index (χ2v) is 5.14. The van der Waals surface area contributed by atoms with Crippen LogP contribution in [0.25, 0.3) is 0 Å². The highest BCUT2D eigenvalue weighted by Gasteiger charge is 2.51. The van der Waals surface area contributed by atoms with Crippen LogP contribution in [0.2, 0.25) is 0 Å². The number of likely N-dealkylation sites (tertiary alicyclic amines) is 1.